The summed E-state index contributed by atoms with van der Waals surface area (Å²) in [4.78, 5) is 18.6. The van der Waals surface area contributed by atoms with E-state index in [1.54, 1.807) is 50.4 Å². The molecule has 0 unspecified atom stereocenters. The molecule has 1 heterocycles. The number of likely N-dealkylation sites (N-methyl/N-ethyl adjacent to an activating group) is 1. The van der Waals surface area contributed by atoms with E-state index in [0.717, 1.165) is 0 Å². The first-order valence-electron chi connectivity index (χ1n) is 8.08. The summed E-state index contributed by atoms with van der Waals surface area (Å²) in [5.74, 6) is -0.109. The summed E-state index contributed by atoms with van der Waals surface area (Å²) in [5, 5.41) is 0.815. The van der Waals surface area contributed by atoms with Crippen LogP contribution in [0.15, 0.2) is 52.4 Å². The van der Waals surface area contributed by atoms with E-state index in [1.165, 1.54) is 11.0 Å². The van der Waals surface area contributed by atoms with Gasteiger partial charge in [-0.25, -0.2) is 8.42 Å². The fourth-order valence-corrected chi connectivity index (χ4v) is 4.42. The number of sulfonamides is 1. The van der Waals surface area contributed by atoms with E-state index in [1.807, 2.05) is 0 Å². The zero-order valence-electron chi connectivity index (χ0n) is 14.6. The molecule has 2 aromatic carbocycles. The maximum absolute atomic E-state index is 12.7. The monoisotopic (exact) mass is 425 g/mol. The molecule has 2 aromatic rings. The van der Waals surface area contributed by atoms with E-state index in [0.29, 0.717) is 21.2 Å². The summed E-state index contributed by atoms with van der Waals surface area (Å²) < 4.78 is 26.7. The van der Waals surface area contributed by atoms with E-state index >= 15 is 0 Å². The number of aliphatic imine (C=N–C) groups is 1. The SMILES string of the molecule is C[C@H](N=C1NS(=O)(=O)c2ccccc21)C(=O)N(C)Cc1cccc(Cl)c1Cl. The van der Waals surface area contributed by atoms with Gasteiger partial charge in [0.05, 0.1) is 14.9 Å². The van der Waals surface area contributed by atoms with Gasteiger partial charge in [0.1, 0.15) is 11.9 Å². The highest BCUT2D eigenvalue weighted by Gasteiger charge is 2.31. The third kappa shape index (κ3) is 3.95. The summed E-state index contributed by atoms with van der Waals surface area (Å²) >= 11 is 12.2. The Balaban J connectivity index is 1.80. The molecule has 0 saturated carbocycles. The molecule has 9 heteroatoms. The predicted octanol–water partition coefficient (Wildman–Crippen LogP) is 3.08. The Morgan fingerprint density at radius 3 is 2.63 bits per heavy atom. The van der Waals surface area contributed by atoms with Crippen molar-refractivity contribution in [2.45, 2.75) is 24.4 Å². The van der Waals surface area contributed by atoms with Crippen LogP contribution in [0.4, 0.5) is 0 Å². The van der Waals surface area contributed by atoms with Crippen molar-refractivity contribution in [3.8, 4) is 0 Å². The number of nitrogens with one attached hydrogen (secondary N) is 1. The lowest BCUT2D eigenvalue weighted by Crippen LogP contribution is -2.35. The minimum absolute atomic E-state index is 0.155. The fraction of sp³-hybridized carbons (Fsp3) is 0.222. The average molecular weight is 426 g/mol. The molecule has 6 nitrogen and oxygen atoms in total. The van der Waals surface area contributed by atoms with Crippen LogP contribution in [-0.2, 0) is 21.4 Å². The van der Waals surface area contributed by atoms with Crippen molar-refractivity contribution >= 4 is 45.0 Å². The zero-order valence-corrected chi connectivity index (χ0v) is 16.9. The first-order valence-corrected chi connectivity index (χ1v) is 10.3. The van der Waals surface area contributed by atoms with Gasteiger partial charge in [0.25, 0.3) is 10.0 Å². The summed E-state index contributed by atoms with van der Waals surface area (Å²) in [7, 11) is -2.02. The highest BCUT2D eigenvalue weighted by atomic mass is 35.5. The number of carbonyl (C=O) groups excluding carboxylic acids is 1. The van der Waals surface area contributed by atoms with Crippen molar-refractivity contribution in [3.05, 3.63) is 63.6 Å². The van der Waals surface area contributed by atoms with Crippen molar-refractivity contribution in [1.82, 2.24) is 9.62 Å². The van der Waals surface area contributed by atoms with E-state index in [9.17, 15) is 13.2 Å². The molecule has 1 aliphatic heterocycles. The van der Waals surface area contributed by atoms with Crippen LogP contribution in [0.5, 0.6) is 0 Å². The van der Waals surface area contributed by atoms with Crippen LogP contribution in [0.1, 0.15) is 18.1 Å². The number of fused-ring (bicyclic) bond motifs is 1. The molecule has 0 fully saturated rings. The van der Waals surface area contributed by atoms with Crippen LogP contribution >= 0.6 is 23.2 Å². The third-order valence-corrected chi connectivity index (χ3v) is 6.41. The second-order valence-electron chi connectivity index (χ2n) is 6.16. The van der Waals surface area contributed by atoms with Gasteiger partial charge in [-0.2, -0.15) is 0 Å². The van der Waals surface area contributed by atoms with Gasteiger partial charge in [0.15, 0.2) is 0 Å². The van der Waals surface area contributed by atoms with Gasteiger partial charge in [0, 0.05) is 19.2 Å². The van der Waals surface area contributed by atoms with Gasteiger partial charge in [-0.1, -0.05) is 47.5 Å². The average Bonchev–Trinajstić information content (AvgIpc) is 2.89. The van der Waals surface area contributed by atoms with Gasteiger partial charge < -0.3 is 4.90 Å². The van der Waals surface area contributed by atoms with Gasteiger partial charge in [-0.05, 0) is 30.7 Å². The molecule has 0 spiro atoms. The van der Waals surface area contributed by atoms with Crippen molar-refractivity contribution < 1.29 is 13.2 Å². The molecule has 142 valence electrons. The molecule has 0 saturated heterocycles. The van der Waals surface area contributed by atoms with Gasteiger partial charge >= 0.3 is 0 Å². The molecule has 0 aliphatic carbocycles. The Morgan fingerprint density at radius 1 is 1.19 bits per heavy atom. The quantitative estimate of drug-likeness (QED) is 0.816. The molecule has 1 N–H and O–H groups in total. The minimum Gasteiger partial charge on any atom is -0.340 e. The fourth-order valence-electron chi connectivity index (χ4n) is 2.80. The van der Waals surface area contributed by atoms with Crippen LogP contribution in [-0.4, -0.2) is 38.2 Å². The lowest BCUT2D eigenvalue weighted by molar-refractivity contribution is -0.131. The maximum atomic E-state index is 12.7. The predicted molar refractivity (Wildman–Crippen MR) is 106 cm³/mol. The van der Waals surface area contributed by atoms with Gasteiger partial charge in [0.2, 0.25) is 5.91 Å². The van der Waals surface area contributed by atoms with Crippen molar-refractivity contribution in [2.24, 2.45) is 4.99 Å². The topological polar surface area (TPSA) is 78.8 Å². The second-order valence-corrected chi connectivity index (χ2v) is 8.60. The molecule has 3 rings (SSSR count). The minimum atomic E-state index is -3.64. The van der Waals surface area contributed by atoms with Crippen LogP contribution < -0.4 is 4.72 Å². The highest BCUT2D eigenvalue weighted by Crippen LogP contribution is 2.27. The van der Waals surface area contributed by atoms with Crippen molar-refractivity contribution in [3.63, 3.8) is 0 Å². The zero-order chi connectivity index (χ0) is 19.8. The normalized spacial score (nSPS) is 17.3. The van der Waals surface area contributed by atoms with Crippen molar-refractivity contribution in [2.75, 3.05) is 7.05 Å². The number of rotatable bonds is 4. The van der Waals surface area contributed by atoms with Gasteiger partial charge in [-0.15, -0.1) is 0 Å². The molecule has 1 aliphatic rings. The number of hydrogen-bond donors (Lipinski definition) is 1. The number of hydrogen-bond acceptors (Lipinski definition) is 4. The number of amidine groups is 1. The molecular formula is C18H17Cl2N3O3S. The molecule has 0 bridgehead atoms. The van der Waals surface area contributed by atoms with Crippen molar-refractivity contribution in [1.29, 1.82) is 0 Å². The Hall–Kier alpha value is -2.09. The largest absolute Gasteiger partial charge is 0.340 e. The van der Waals surface area contributed by atoms with E-state index < -0.39 is 16.1 Å². The molecular weight excluding hydrogens is 409 g/mol. The lowest BCUT2D eigenvalue weighted by Gasteiger charge is -2.20. The molecule has 1 atom stereocenters. The highest BCUT2D eigenvalue weighted by molar-refractivity contribution is 7.90. The first kappa shape index (κ1) is 19.7. The standard InChI is InChI=1S/C18H17Cl2N3O3S/c1-11(18(24)23(2)10-12-6-5-8-14(19)16(12)20)21-17-13-7-3-4-9-15(13)27(25,26)22-17/h3-9,11H,10H2,1-2H3,(H,21,22)/t11-/m0/s1. The Bertz CT molecular complexity index is 1040. The van der Waals surface area contributed by atoms with Crippen LogP contribution in [0, 0.1) is 0 Å². The molecule has 27 heavy (non-hydrogen) atoms. The smallest absolute Gasteiger partial charge is 0.263 e. The summed E-state index contributed by atoms with van der Waals surface area (Å²) in [6.07, 6.45) is 0. The molecule has 0 aromatic heterocycles. The summed E-state index contributed by atoms with van der Waals surface area (Å²) in [6.45, 7) is 1.87. The van der Waals surface area contributed by atoms with E-state index in [2.05, 4.69) is 9.71 Å². The second kappa shape index (κ2) is 7.50. The Labute approximate surface area is 167 Å². The number of benzene rings is 2. The van der Waals surface area contributed by atoms with E-state index in [-0.39, 0.29) is 23.2 Å². The number of halogens is 2. The number of amides is 1. The lowest BCUT2D eigenvalue weighted by atomic mass is 10.2. The number of carbonyl (C=O) groups is 1. The van der Waals surface area contributed by atoms with Crippen LogP contribution in [0.25, 0.3) is 0 Å². The summed E-state index contributed by atoms with van der Waals surface area (Å²) in [5.41, 5.74) is 1.17. The first-order chi connectivity index (χ1) is 12.7. The Morgan fingerprint density at radius 2 is 1.89 bits per heavy atom. The van der Waals surface area contributed by atoms with E-state index in [4.69, 9.17) is 23.2 Å². The van der Waals surface area contributed by atoms with Crippen LogP contribution in [0.2, 0.25) is 10.0 Å². The van der Waals surface area contributed by atoms with Crippen LogP contribution in [0.3, 0.4) is 0 Å². The third-order valence-electron chi connectivity index (χ3n) is 4.16. The van der Waals surface area contributed by atoms with Gasteiger partial charge in [-0.3, -0.25) is 14.5 Å². The Kier molecular flexibility index (Phi) is 5.46. The molecule has 1 amide bonds. The molecule has 0 radical (unpaired) electrons. The number of nitrogens with zero attached hydrogens (tertiary/aromatic N) is 2. The maximum Gasteiger partial charge on any atom is 0.263 e. The summed E-state index contributed by atoms with van der Waals surface area (Å²) in [6, 6.07) is 10.9.